The van der Waals surface area contributed by atoms with Gasteiger partial charge in [-0.2, -0.15) is 0 Å². The van der Waals surface area contributed by atoms with Gasteiger partial charge in [-0.25, -0.2) is 0 Å². The molecule has 5 nitrogen and oxygen atoms in total. The molecule has 0 saturated carbocycles. The van der Waals surface area contributed by atoms with Gasteiger partial charge >= 0.3 is 0 Å². The van der Waals surface area contributed by atoms with Crippen LogP contribution in [0.5, 0.6) is 0 Å². The summed E-state index contributed by atoms with van der Waals surface area (Å²) in [6.45, 7) is -0.321. The molecule has 4 atom stereocenters. The van der Waals surface area contributed by atoms with Crippen LogP contribution in [0.3, 0.4) is 0 Å². The van der Waals surface area contributed by atoms with E-state index in [1.54, 1.807) is 0 Å². The first-order valence-corrected chi connectivity index (χ1v) is 3.36. The first-order chi connectivity index (χ1) is 5.20. The summed E-state index contributed by atoms with van der Waals surface area (Å²) in [6, 6.07) is 0. The Balaban J connectivity index is 2.55. The van der Waals surface area contributed by atoms with Crippen LogP contribution in [-0.2, 0) is 9.47 Å². The summed E-state index contributed by atoms with van der Waals surface area (Å²) >= 11 is 0. The second kappa shape index (κ2) is 3.46. The molecular formula is C6H12O5. The average Bonchev–Trinajstić information content (AvgIpc) is 2.26. The number of rotatable bonds is 2. The summed E-state index contributed by atoms with van der Waals surface area (Å²) in [7, 11) is 1.36. The number of aliphatic hydroxyl groups excluding tert-OH is 3. The van der Waals surface area contributed by atoms with Gasteiger partial charge in [0.05, 0.1) is 6.61 Å². The van der Waals surface area contributed by atoms with Gasteiger partial charge < -0.3 is 24.8 Å². The molecule has 1 aliphatic rings. The van der Waals surface area contributed by atoms with E-state index < -0.39 is 24.6 Å². The number of hydrogen-bond acceptors (Lipinski definition) is 5. The predicted octanol–water partition coefficient (Wildman–Crippen LogP) is -1.93. The summed E-state index contributed by atoms with van der Waals surface area (Å²) in [6.07, 6.45) is -3.60. The summed E-state index contributed by atoms with van der Waals surface area (Å²) in [4.78, 5) is 0. The average molecular weight is 164 g/mol. The van der Waals surface area contributed by atoms with Crippen molar-refractivity contribution in [2.45, 2.75) is 24.6 Å². The number of ether oxygens (including phenoxy) is 2. The van der Waals surface area contributed by atoms with Crippen LogP contribution in [-0.4, -0.2) is 53.6 Å². The molecule has 1 heterocycles. The second-order valence-electron chi connectivity index (χ2n) is 2.44. The van der Waals surface area contributed by atoms with Crippen molar-refractivity contribution in [3.63, 3.8) is 0 Å². The lowest BCUT2D eigenvalue weighted by molar-refractivity contribution is -0.139. The minimum absolute atomic E-state index is 0.321. The topological polar surface area (TPSA) is 79.2 Å². The van der Waals surface area contributed by atoms with Crippen LogP contribution >= 0.6 is 0 Å². The molecule has 5 heteroatoms. The van der Waals surface area contributed by atoms with Gasteiger partial charge in [0.15, 0.2) is 6.29 Å². The molecule has 0 amide bonds. The summed E-state index contributed by atoms with van der Waals surface area (Å²) < 4.78 is 9.49. The van der Waals surface area contributed by atoms with Crippen molar-refractivity contribution in [2.24, 2.45) is 0 Å². The van der Waals surface area contributed by atoms with E-state index in [2.05, 4.69) is 0 Å². The number of hydrogen-bond donors (Lipinski definition) is 3. The highest BCUT2D eigenvalue weighted by atomic mass is 16.7. The Kier molecular flexibility index (Phi) is 2.80. The van der Waals surface area contributed by atoms with Gasteiger partial charge in [-0.15, -0.1) is 0 Å². The van der Waals surface area contributed by atoms with Gasteiger partial charge in [0.25, 0.3) is 0 Å². The third-order valence-corrected chi connectivity index (χ3v) is 1.76. The van der Waals surface area contributed by atoms with Crippen LogP contribution in [0.4, 0.5) is 0 Å². The molecule has 0 bridgehead atoms. The van der Waals surface area contributed by atoms with E-state index in [9.17, 15) is 5.11 Å². The molecule has 0 aromatic rings. The maximum atomic E-state index is 9.25. The van der Waals surface area contributed by atoms with Crippen molar-refractivity contribution in [1.29, 1.82) is 0 Å². The first-order valence-electron chi connectivity index (χ1n) is 3.36. The zero-order valence-electron chi connectivity index (χ0n) is 6.17. The molecule has 1 fully saturated rings. The Morgan fingerprint density at radius 3 is 2.36 bits per heavy atom. The quantitative estimate of drug-likeness (QED) is 0.443. The highest BCUT2D eigenvalue weighted by molar-refractivity contribution is 4.86. The molecule has 1 aliphatic heterocycles. The summed E-state index contributed by atoms with van der Waals surface area (Å²) in [5, 5.41) is 26.9. The third kappa shape index (κ3) is 1.52. The van der Waals surface area contributed by atoms with Crippen molar-refractivity contribution in [1.82, 2.24) is 0 Å². The lowest BCUT2D eigenvalue weighted by Crippen LogP contribution is -2.35. The van der Waals surface area contributed by atoms with E-state index in [1.165, 1.54) is 7.11 Å². The van der Waals surface area contributed by atoms with Crippen LogP contribution < -0.4 is 0 Å². The maximum absolute atomic E-state index is 9.25. The molecule has 0 spiro atoms. The second-order valence-corrected chi connectivity index (χ2v) is 2.44. The van der Waals surface area contributed by atoms with Crippen molar-refractivity contribution in [2.75, 3.05) is 13.7 Å². The van der Waals surface area contributed by atoms with Crippen molar-refractivity contribution in [3.8, 4) is 0 Å². The fraction of sp³-hybridized carbons (Fsp3) is 1.00. The lowest BCUT2D eigenvalue weighted by atomic mass is 10.1. The highest BCUT2D eigenvalue weighted by Crippen LogP contribution is 2.21. The standard InChI is InChI=1S/C6H12O5/c1-10-5-4(8)3(2-7)11-6(5)9/h3-9H,2H2,1H3/t3-,4+,5+,6?/m0/s1. The van der Waals surface area contributed by atoms with E-state index in [0.717, 1.165) is 0 Å². The molecule has 1 saturated heterocycles. The van der Waals surface area contributed by atoms with Crippen LogP contribution in [0.15, 0.2) is 0 Å². The Labute approximate surface area is 64.2 Å². The Hall–Kier alpha value is -0.200. The predicted molar refractivity (Wildman–Crippen MR) is 34.8 cm³/mol. The number of aliphatic hydroxyl groups is 3. The molecule has 0 radical (unpaired) electrons. The van der Waals surface area contributed by atoms with Crippen LogP contribution in [0.25, 0.3) is 0 Å². The molecular weight excluding hydrogens is 152 g/mol. The summed E-state index contributed by atoms with van der Waals surface area (Å²) in [5.41, 5.74) is 0. The van der Waals surface area contributed by atoms with E-state index in [1.807, 2.05) is 0 Å². The van der Waals surface area contributed by atoms with Crippen molar-refractivity contribution < 1.29 is 24.8 Å². The zero-order chi connectivity index (χ0) is 8.43. The van der Waals surface area contributed by atoms with E-state index in [-0.39, 0.29) is 6.61 Å². The maximum Gasteiger partial charge on any atom is 0.184 e. The normalized spacial score (nSPS) is 44.7. The third-order valence-electron chi connectivity index (χ3n) is 1.76. The fourth-order valence-electron chi connectivity index (χ4n) is 1.12. The Morgan fingerprint density at radius 2 is 2.09 bits per heavy atom. The molecule has 11 heavy (non-hydrogen) atoms. The first kappa shape index (κ1) is 8.89. The van der Waals surface area contributed by atoms with Crippen molar-refractivity contribution >= 4 is 0 Å². The SMILES string of the molecule is CO[C@H]1C(O)O[C@@H](CO)[C@H]1O. The van der Waals surface area contributed by atoms with E-state index in [4.69, 9.17) is 19.7 Å². The van der Waals surface area contributed by atoms with Gasteiger partial charge in [-0.05, 0) is 0 Å². The molecule has 66 valence electrons. The Bertz CT molecular complexity index is 128. The molecule has 0 aromatic carbocycles. The van der Waals surface area contributed by atoms with Crippen LogP contribution in [0.2, 0.25) is 0 Å². The monoisotopic (exact) mass is 164 g/mol. The van der Waals surface area contributed by atoms with Gasteiger partial charge in [0.1, 0.15) is 18.3 Å². The Morgan fingerprint density at radius 1 is 1.45 bits per heavy atom. The summed E-state index contributed by atoms with van der Waals surface area (Å²) in [5.74, 6) is 0. The van der Waals surface area contributed by atoms with E-state index >= 15 is 0 Å². The smallest absolute Gasteiger partial charge is 0.184 e. The fourth-order valence-corrected chi connectivity index (χ4v) is 1.12. The molecule has 1 rings (SSSR count). The van der Waals surface area contributed by atoms with Gasteiger partial charge in [-0.3, -0.25) is 0 Å². The van der Waals surface area contributed by atoms with Gasteiger partial charge in [0, 0.05) is 7.11 Å². The molecule has 1 unspecified atom stereocenters. The molecule has 3 N–H and O–H groups in total. The molecule has 0 aliphatic carbocycles. The van der Waals surface area contributed by atoms with Crippen molar-refractivity contribution in [3.05, 3.63) is 0 Å². The van der Waals surface area contributed by atoms with Gasteiger partial charge in [-0.1, -0.05) is 0 Å². The van der Waals surface area contributed by atoms with E-state index in [0.29, 0.717) is 0 Å². The zero-order valence-corrected chi connectivity index (χ0v) is 6.17. The minimum Gasteiger partial charge on any atom is -0.394 e. The number of methoxy groups -OCH3 is 1. The minimum atomic E-state index is -1.15. The van der Waals surface area contributed by atoms with Crippen LogP contribution in [0.1, 0.15) is 0 Å². The van der Waals surface area contributed by atoms with Gasteiger partial charge in [0.2, 0.25) is 0 Å². The lowest BCUT2D eigenvalue weighted by Gasteiger charge is -2.14. The largest absolute Gasteiger partial charge is 0.394 e. The highest BCUT2D eigenvalue weighted by Gasteiger charge is 2.42. The molecule has 0 aromatic heterocycles. The van der Waals surface area contributed by atoms with Crippen LogP contribution in [0, 0.1) is 0 Å².